The number of nitrogens with zero attached hydrogens (tertiary/aromatic N) is 4. The van der Waals surface area contributed by atoms with Crippen molar-refractivity contribution in [1.29, 1.82) is 0 Å². The molecule has 0 fully saturated rings. The number of rotatable bonds is 8. The summed E-state index contributed by atoms with van der Waals surface area (Å²) in [6, 6.07) is 0. The third kappa shape index (κ3) is 3.46. The molecule has 0 aliphatic rings. The van der Waals surface area contributed by atoms with Crippen LogP contribution in [-0.2, 0) is 11.3 Å². The number of amides is 1. The van der Waals surface area contributed by atoms with E-state index >= 15 is 0 Å². The molecule has 1 heterocycles. The molecular weight excluding hydrogens is 260 g/mol. The molecule has 0 unspecified atom stereocenters. The van der Waals surface area contributed by atoms with Crippen LogP contribution in [0, 0.1) is 5.41 Å². The number of carbonyl (C=O) groups excluding carboxylic acids is 1. The van der Waals surface area contributed by atoms with Crippen LogP contribution in [0.3, 0.4) is 0 Å². The van der Waals surface area contributed by atoms with E-state index < -0.39 is 5.41 Å². The monoisotopic (exact) mass is 282 g/mol. The fraction of sp³-hybridized carbons (Fsp3) is 0.667. The highest BCUT2D eigenvalue weighted by Gasteiger charge is 2.39. The summed E-state index contributed by atoms with van der Waals surface area (Å²) >= 11 is 0. The van der Waals surface area contributed by atoms with Crippen molar-refractivity contribution in [3.63, 3.8) is 0 Å². The third-order valence-electron chi connectivity index (χ3n) is 3.56. The molecular formula is C12H22N6O2. The molecule has 0 radical (unpaired) electrons. The first kappa shape index (κ1) is 15.9. The Balaban J connectivity index is 2.50. The summed E-state index contributed by atoms with van der Waals surface area (Å²) in [5, 5.41) is 22.2. The third-order valence-corrected chi connectivity index (χ3v) is 3.56. The van der Waals surface area contributed by atoms with Gasteiger partial charge in [0.05, 0.1) is 6.20 Å². The Morgan fingerprint density at radius 2 is 2.20 bits per heavy atom. The topological polar surface area (TPSA) is 118 Å². The lowest BCUT2D eigenvalue weighted by Gasteiger charge is -2.28. The lowest BCUT2D eigenvalue weighted by Crippen LogP contribution is -2.49. The lowest BCUT2D eigenvalue weighted by atomic mass is 9.80. The van der Waals surface area contributed by atoms with Crippen molar-refractivity contribution in [2.24, 2.45) is 16.3 Å². The molecule has 1 rings (SSSR count). The van der Waals surface area contributed by atoms with Gasteiger partial charge in [0.2, 0.25) is 5.91 Å². The van der Waals surface area contributed by atoms with Gasteiger partial charge in [0.15, 0.2) is 5.84 Å². The molecule has 112 valence electrons. The minimum Gasteiger partial charge on any atom is -0.409 e. The Kier molecular flexibility index (Phi) is 5.95. The summed E-state index contributed by atoms with van der Waals surface area (Å²) in [6.45, 7) is 4.86. The van der Waals surface area contributed by atoms with Crippen LogP contribution in [-0.4, -0.2) is 38.5 Å². The van der Waals surface area contributed by atoms with E-state index in [0.29, 0.717) is 25.9 Å². The first-order valence-electron chi connectivity index (χ1n) is 6.71. The molecule has 0 aromatic carbocycles. The van der Waals surface area contributed by atoms with Crippen molar-refractivity contribution in [2.75, 3.05) is 6.54 Å². The first-order chi connectivity index (χ1) is 9.60. The predicted molar refractivity (Wildman–Crippen MR) is 74.1 cm³/mol. The highest BCUT2D eigenvalue weighted by Crippen LogP contribution is 2.26. The van der Waals surface area contributed by atoms with Crippen LogP contribution in [0.5, 0.6) is 0 Å². The number of hydrogen-bond acceptors (Lipinski definition) is 5. The number of aryl methyl sites for hydroxylation is 1. The van der Waals surface area contributed by atoms with E-state index in [4.69, 9.17) is 10.9 Å². The van der Waals surface area contributed by atoms with E-state index in [1.54, 1.807) is 17.1 Å². The van der Waals surface area contributed by atoms with Gasteiger partial charge in [-0.15, -0.1) is 5.10 Å². The van der Waals surface area contributed by atoms with E-state index in [1.165, 1.54) is 0 Å². The maximum atomic E-state index is 12.3. The zero-order valence-corrected chi connectivity index (χ0v) is 11.9. The summed E-state index contributed by atoms with van der Waals surface area (Å²) in [6.07, 6.45) is 5.06. The van der Waals surface area contributed by atoms with Crippen molar-refractivity contribution in [2.45, 2.75) is 39.7 Å². The van der Waals surface area contributed by atoms with E-state index in [1.807, 2.05) is 13.8 Å². The number of amidine groups is 1. The molecule has 8 heteroatoms. The standard InChI is InChI=1S/C12H22N6O2/c1-3-12(4-2,10(13)16-20)11(19)14-6-5-8-18-9-7-15-17-18/h7,9,20H,3-6,8H2,1-2H3,(H2,13,16)(H,14,19). The normalized spacial score (nSPS) is 12.4. The number of carbonyl (C=O) groups is 1. The summed E-state index contributed by atoms with van der Waals surface area (Å²) < 4.78 is 1.70. The van der Waals surface area contributed by atoms with Gasteiger partial charge in [0, 0.05) is 19.3 Å². The molecule has 0 saturated heterocycles. The van der Waals surface area contributed by atoms with Crippen LogP contribution < -0.4 is 11.1 Å². The van der Waals surface area contributed by atoms with Crippen molar-refractivity contribution in [1.82, 2.24) is 20.3 Å². The first-order valence-corrected chi connectivity index (χ1v) is 6.71. The summed E-state index contributed by atoms with van der Waals surface area (Å²) in [4.78, 5) is 12.3. The average Bonchev–Trinajstić information content (AvgIpc) is 2.98. The number of hydrogen-bond donors (Lipinski definition) is 3. The van der Waals surface area contributed by atoms with E-state index in [0.717, 1.165) is 6.42 Å². The van der Waals surface area contributed by atoms with Crippen molar-refractivity contribution in [3.8, 4) is 0 Å². The van der Waals surface area contributed by atoms with Crippen LogP contribution in [0.1, 0.15) is 33.1 Å². The Morgan fingerprint density at radius 1 is 1.50 bits per heavy atom. The predicted octanol–water partition coefficient (Wildman–Crippen LogP) is 0.337. The van der Waals surface area contributed by atoms with E-state index in [2.05, 4.69) is 20.8 Å². The number of nitrogens with two attached hydrogens (primary N) is 1. The van der Waals surface area contributed by atoms with Gasteiger partial charge in [-0.1, -0.05) is 24.2 Å². The largest absolute Gasteiger partial charge is 0.409 e. The fourth-order valence-corrected chi connectivity index (χ4v) is 2.11. The molecule has 1 aromatic heterocycles. The highest BCUT2D eigenvalue weighted by molar-refractivity contribution is 6.06. The molecule has 20 heavy (non-hydrogen) atoms. The Labute approximate surface area is 118 Å². The molecule has 1 aromatic rings. The van der Waals surface area contributed by atoms with Gasteiger partial charge in [-0.3, -0.25) is 9.48 Å². The van der Waals surface area contributed by atoms with Crippen LogP contribution in [0.15, 0.2) is 17.5 Å². The Hall–Kier alpha value is -2.12. The quantitative estimate of drug-likeness (QED) is 0.209. The maximum absolute atomic E-state index is 12.3. The minimum absolute atomic E-state index is 0.0451. The van der Waals surface area contributed by atoms with Crippen LogP contribution in [0.2, 0.25) is 0 Å². The van der Waals surface area contributed by atoms with Crippen LogP contribution >= 0.6 is 0 Å². The fourth-order valence-electron chi connectivity index (χ4n) is 2.11. The molecule has 0 aliphatic carbocycles. The zero-order valence-electron chi connectivity index (χ0n) is 11.9. The Bertz CT molecular complexity index is 439. The second-order valence-electron chi connectivity index (χ2n) is 4.55. The van der Waals surface area contributed by atoms with Crippen molar-refractivity contribution in [3.05, 3.63) is 12.4 Å². The highest BCUT2D eigenvalue weighted by atomic mass is 16.4. The summed E-state index contributed by atoms with van der Waals surface area (Å²) in [5.41, 5.74) is 4.73. The molecule has 4 N–H and O–H groups in total. The minimum atomic E-state index is -0.942. The second-order valence-corrected chi connectivity index (χ2v) is 4.55. The van der Waals surface area contributed by atoms with Crippen molar-refractivity contribution >= 4 is 11.7 Å². The van der Waals surface area contributed by atoms with Gasteiger partial charge in [-0.2, -0.15) is 0 Å². The molecule has 0 spiro atoms. The van der Waals surface area contributed by atoms with Gasteiger partial charge >= 0.3 is 0 Å². The number of aromatic nitrogens is 3. The molecule has 8 nitrogen and oxygen atoms in total. The summed E-state index contributed by atoms with van der Waals surface area (Å²) in [5.74, 6) is -0.257. The van der Waals surface area contributed by atoms with Gasteiger partial charge in [-0.25, -0.2) is 0 Å². The number of nitrogens with one attached hydrogen (secondary N) is 1. The molecule has 0 saturated carbocycles. The van der Waals surface area contributed by atoms with Crippen LogP contribution in [0.25, 0.3) is 0 Å². The number of oxime groups is 1. The smallest absolute Gasteiger partial charge is 0.233 e. The van der Waals surface area contributed by atoms with E-state index in [-0.39, 0.29) is 11.7 Å². The van der Waals surface area contributed by atoms with Gasteiger partial charge in [0.1, 0.15) is 5.41 Å². The summed E-state index contributed by atoms with van der Waals surface area (Å²) in [7, 11) is 0. The van der Waals surface area contributed by atoms with E-state index in [9.17, 15) is 4.79 Å². The average molecular weight is 282 g/mol. The molecule has 1 amide bonds. The second kappa shape index (κ2) is 7.46. The van der Waals surface area contributed by atoms with Gasteiger partial charge < -0.3 is 16.3 Å². The molecule has 0 bridgehead atoms. The van der Waals surface area contributed by atoms with Crippen LogP contribution in [0.4, 0.5) is 0 Å². The zero-order chi connectivity index (χ0) is 15.0. The van der Waals surface area contributed by atoms with Gasteiger partial charge in [0.25, 0.3) is 0 Å². The maximum Gasteiger partial charge on any atom is 0.233 e. The Morgan fingerprint density at radius 3 is 2.70 bits per heavy atom. The lowest BCUT2D eigenvalue weighted by molar-refractivity contribution is -0.128. The molecule has 0 aliphatic heterocycles. The van der Waals surface area contributed by atoms with Gasteiger partial charge in [-0.05, 0) is 19.3 Å². The SMILES string of the molecule is CCC(CC)(C(=O)NCCCn1ccnn1)/C(N)=N/O. The van der Waals surface area contributed by atoms with Crippen molar-refractivity contribution < 1.29 is 10.0 Å². The molecule has 0 atom stereocenters.